The molecule has 0 aliphatic carbocycles. The molecule has 0 unspecified atom stereocenters. The van der Waals surface area contributed by atoms with Crippen molar-refractivity contribution in [3.63, 3.8) is 0 Å². The van der Waals surface area contributed by atoms with E-state index in [0.29, 0.717) is 24.2 Å². The van der Waals surface area contributed by atoms with E-state index in [1.165, 1.54) is 12.1 Å². The molecule has 0 saturated heterocycles. The Balaban J connectivity index is 1.89. The summed E-state index contributed by atoms with van der Waals surface area (Å²) in [6.45, 7) is 2.91. The number of aryl methyl sites for hydroxylation is 1. The van der Waals surface area contributed by atoms with Crippen molar-refractivity contribution in [1.29, 1.82) is 0 Å². The summed E-state index contributed by atoms with van der Waals surface area (Å²) >= 11 is 0. The van der Waals surface area contributed by atoms with Gasteiger partial charge >= 0.3 is 0 Å². The fourth-order valence-corrected chi connectivity index (χ4v) is 3.10. The van der Waals surface area contributed by atoms with E-state index in [-0.39, 0.29) is 22.9 Å². The molecule has 0 radical (unpaired) electrons. The van der Waals surface area contributed by atoms with Gasteiger partial charge in [-0.3, -0.25) is 19.7 Å². The summed E-state index contributed by atoms with van der Waals surface area (Å²) in [5.41, 5.74) is 1.62. The van der Waals surface area contributed by atoms with Crippen molar-refractivity contribution in [1.82, 2.24) is 15.5 Å². The second kappa shape index (κ2) is 11.1. The first-order chi connectivity index (χ1) is 16.2. The van der Waals surface area contributed by atoms with Gasteiger partial charge in [-0.05, 0) is 51.4 Å². The predicted octanol–water partition coefficient (Wildman–Crippen LogP) is 3.61. The Morgan fingerprint density at radius 3 is 2.44 bits per heavy atom. The number of furan rings is 1. The van der Waals surface area contributed by atoms with E-state index >= 15 is 0 Å². The maximum Gasteiger partial charge on any atom is 0.280 e. The lowest BCUT2D eigenvalue weighted by Gasteiger charge is -2.13. The highest BCUT2D eigenvalue weighted by Gasteiger charge is 2.19. The van der Waals surface area contributed by atoms with Crippen LogP contribution in [0.5, 0.6) is 0 Å². The monoisotopic (exact) mass is 462 g/mol. The highest BCUT2D eigenvalue weighted by Crippen LogP contribution is 2.31. The molecule has 176 valence electrons. The van der Waals surface area contributed by atoms with Crippen molar-refractivity contribution in [2.75, 3.05) is 27.2 Å². The van der Waals surface area contributed by atoms with Crippen LogP contribution in [0.25, 0.3) is 17.4 Å². The van der Waals surface area contributed by atoms with Crippen LogP contribution in [0.3, 0.4) is 0 Å². The van der Waals surface area contributed by atoms with Crippen LogP contribution in [0.2, 0.25) is 0 Å². The SMILES string of the molecule is Cc1ccc(C(=O)N/C(=C/c2ccc(-c3ccccc3[N+](=O)[O-])o2)C(=O)NCCN(C)C)cc1. The zero-order chi connectivity index (χ0) is 24.7. The molecule has 34 heavy (non-hydrogen) atoms. The van der Waals surface area contributed by atoms with E-state index < -0.39 is 16.7 Å². The Kier molecular flexibility index (Phi) is 7.94. The van der Waals surface area contributed by atoms with Crippen molar-refractivity contribution in [2.24, 2.45) is 0 Å². The van der Waals surface area contributed by atoms with E-state index in [0.717, 1.165) is 5.56 Å². The molecule has 1 heterocycles. The second-order valence-electron chi connectivity index (χ2n) is 7.91. The summed E-state index contributed by atoms with van der Waals surface area (Å²) in [7, 11) is 3.77. The van der Waals surface area contributed by atoms with E-state index in [2.05, 4.69) is 10.6 Å². The van der Waals surface area contributed by atoms with Crippen LogP contribution >= 0.6 is 0 Å². The van der Waals surface area contributed by atoms with Crippen LogP contribution in [0.4, 0.5) is 5.69 Å². The van der Waals surface area contributed by atoms with Crippen LogP contribution in [-0.2, 0) is 4.79 Å². The molecule has 3 rings (SSSR count). The van der Waals surface area contributed by atoms with E-state index in [4.69, 9.17) is 4.42 Å². The summed E-state index contributed by atoms with van der Waals surface area (Å²) in [4.78, 5) is 38.3. The third-order valence-electron chi connectivity index (χ3n) is 4.93. The molecule has 2 N–H and O–H groups in total. The molecular formula is C25H26N4O5. The number of rotatable bonds is 9. The van der Waals surface area contributed by atoms with Crippen LogP contribution in [-0.4, -0.2) is 48.8 Å². The van der Waals surface area contributed by atoms with Crippen molar-refractivity contribution < 1.29 is 18.9 Å². The summed E-state index contributed by atoms with van der Waals surface area (Å²) in [5, 5.41) is 16.8. The first-order valence-corrected chi connectivity index (χ1v) is 10.6. The number of hydrogen-bond donors (Lipinski definition) is 2. The zero-order valence-corrected chi connectivity index (χ0v) is 19.2. The lowest BCUT2D eigenvalue weighted by molar-refractivity contribution is -0.384. The van der Waals surface area contributed by atoms with Gasteiger partial charge in [-0.15, -0.1) is 0 Å². The van der Waals surface area contributed by atoms with E-state index in [1.807, 2.05) is 25.9 Å². The number of carbonyl (C=O) groups excluding carboxylic acids is 2. The van der Waals surface area contributed by atoms with Crippen LogP contribution in [0, 0.1) is 17.0 Å². The molecular weight excluding hydrogens is 436 g/mol. The molecule has 0 aliphatic rings. The van der Waals surface area contributed by atoms with Crippen LogP contribution in [0.15, 0.2) is 70.8 Å². The molecule has 9 nitrogen and oxygen atoms in total. The van der Waals surface area contributed by atoms with Crippen molar-refractivity contribution >= 4 is 23.6 Å². The third kappa shape index (κ3) is 6.39. The molecule has 3 aromatic rings. The summed E-state index contributed by atoms with van der Waals surface area (Å²) < 4.78 is 5.77. The summed E-state index contributed by atoms with van der Waals surface area (Å²) in [6, 6.07) is 16.3. The molecule has 0 aliphatic heterocycles. The van der Waals surface area contributed by atoms with Gasteiger partial charge in [-0.2, -0.15) is 0 Å². The Labute approximate surface area is 197 Å². The highest BCUT2D eigenvalue weighted by molar-refractivity contribution is 6.05. The van der Waals surface area contributed by atoms with Crippen molar-refractivity contribution in [2.45, 2.75) is 6.92 Å². The quantitative estimate of drug-likeness (QED) is 0.285. The molecule has 0 spiro atoms. The number of nitro groups is 1. The zero-order valence-electron chi connectivity index (χ0n) is 19.2. The minimum Gasteiger partial charge on any atom is -0.456 e. The first kappa shape index (κ1) is 24.4. The molecule has 0 atom stereocenters. The van der Waals surface area contributed by atoms with Gasteiger partial charge in [-0.25, -0.2) is 0 Å². The lowest BCUT2D eigenvalue weighted by atomic mass is 10.1. The number of hydrogen-bond acceptors (Lipinski definition) is 6. The van der Waals surface area contributed by atoms with Gasteiger partial charge in [0.05, 0.1) is 10.5 Å². The van der Waals surface area contributed by atoms with Gasteiger partial charge in [0, 0.05) is 30.8 Å². The maximum absolute atomic E-state index is 12.8. The molecule has 2 aromatic carbocycles. The van der Waals surface area contributed by atoms with Gasteiger partial charge in [0.2, 0.25) is 0 Å². The minimum atomic E-state index is -0.487. The summed E-state index contributed by atoms with van der Waals surface area (Å²) in [6.07, 6.45) is 1.40. The maximum atomic E-state index is 12.8. The fourth-order valence-electron chi connectivity index (χ4n) is 3.10. The minimum absolute atomic E-state index is 0.00667. The van der Waals surface area contributed by atoms with Crippen molar-refractivity contribution in [3.8, 4) is 11.3 Å². The van der Waals surface area contributed by atoms with E-state index in [1.54, 1.807) is 54.6 Å². The predicted molar refractivity (Wildman–Crippen MR) is 129 cm³/mol. The Morgan fingerprint density at radius 1 is 1.06 bits per heavy atom. The van der Waals surface area contributed by atoms with Gasteiger partial charge in [0.15, 0.2) is 0 Å². The normalized spacial score (nSPS) is 11.4. The topological polar surface area (TPSA) is 118 Å². The van der Waals surface area contributed by atoms with Gasteiger partial charge < -0.3 is 20.0 Å². The number of nitrogens with one attached hydrogen (secondary N) is 2. The number of nitro benzene ring substituents is 1. The van der Waals surface area contributed by atoms with Gasteiger partial charge in [0.25, 0.3) is 17.5 Å². The number of likely N-dealkylation sites (N-methyl/N-ethyl adjacent to an activating group) is 1. The Morgan fingerprint density at radius 2 is 1.76 bits per heavy atom. The first-order valence-electron chi connectivity index (χ1n) is 10.6. The third-order valence-corrected chi connectivity index (χ3v) is 4.93. The molecule has 1 aromatic heterocycles. The van der Waals surface area contributed by atoms with Crippen LogP contribution < -0.4 is 10.6 Å². The number of amides is 2. The number of nitrogens with zero attached hydrogens (tertiary/aromatic N) is 2. The number of carbonyl (C=O) groups is 2. The highest BCUT2D eigenvalue weighted by atomic mass is 16.6. The smallest absolute Gasteiger partial charge is 0.280 e. The van der Waals surface area contributed by atoms with Crippen molar-refractivity contribution in [3.05, 3.63) is 93.4 Å². The molecule has 0 saturated carbocycles. The molecule has 0 bridgehead atoms. The Hall–Kier alpha value is -4.24. The average molecular weight is 463 g/mol. The summed E-state index contributed by atoms with van der Waals surface area (Å²) in [5.74, 6) is -0.392. The number of para-hydroxylation sites is 1. The van der Waals surface area contributed by atoms with E-state index in [9.17, 15) is 19.7 Å². The average Bonchev–Trinajstić information content (AvgIpc) is 3.27. The standard InChI is InChI=1S/C25H26N4O5/c1-17-8-10-18(11-9-17)24(30)27-21(25(31)26-14-15-28(2)3)16-19-12-13-23(34-19)20-6-4-5-7-22(20)29(32)33/h4-13,16H,14-15H2,1-3H3,(H,26,31)(H,27,30)/b21-16+. The fraction of sp³-hybridized carbons (Fsp3) is 0.200. The molecule has 9 heteroatoms. The Bertz CT molecular complexity index is 1210. The molecule has 2 amide bonds. The molecule has 0 fully saturated rings. The van der Waals surface area contributed by atoms with Gasteiger partial charge in [0.1, 0.15) is 17.2 Å². The number of benzene rings is 2. The van der Waals surface area contributed by atoms with Gasteiger partial charge in [-0.1, -0.05) is 29.8 Å². The second-order valence-corrected chi connectivity index (χ2v) is 7.91. The van der Waals surface area contributed by atoms with Crippen LogP contribution in [0.1, 0.15) is 21.7 Å². The largest absolute Gasteiger partial charge is 0.456 e. The lowest BCUT2D eigenvalue weighted by Crippen LogP contribution is -2.37.